The van der Waals surface area contributed by atoms with Gasteiger partial charge in [-0.2, -0.15) is 0 Å². The van der Waals surface area contributed by atoms with E-state index in [1.807, 2.05) is 13.0 Å². The van der Waals surface area contributed by atoms with Gasteiger partial charge in [0.25, 0.3) is 0 Å². The van der Waals surface area contributed by atoms with Crippen LogP contribution in [0.15, 0.2) is 29.5 Å². The Labute approximate surface area is 155 Å². The maximum Gasteiger partial charge on any atom is 0.190 e. The third-order valence-corrected chi connectivity index (χ3v) is 8.42. The van der Waals surface area contributed by atoms with Gasteiger partial charge in [-0.1, -0.05) is 32.4 Å². The molecule has 3 N–H and O–H groups in total. The highest BCUT2D eigenvalue weighted by atomic mass is 16.3. The molecule has 4 nitrogen and oxygen atoms in total. The van der Waals surface area contributed by atoms with Gasteiger partial charge < -0.3 is 15.3 Å². The lowest BCUT2D eigenvalue weighted by Crippen LogP contribution is -2.62. The Morgan fingerprint density at radius 1 is 1.38 bits per heavy atom. The molecule has 4 aliphatic carbocycles. The molecule has 0 radical (unpaired) electrons. The van der Waals surface area contributed by atoms with Crippen molar-refractivity contribution in [2.24, 2.45) is 34.5 Å². The Kier molecular flexibility index (Phi) is 3.95. The van der Waals surface area contributed by atoms with Crippen LogP contribution in [0.2, 0.25) is 0 Å². The van der Waals surface area contributed by atoms with E-state index in [0.29, 0.717) is 18.8 Å². The van der Waals surface area contributed by atoms with E-state index in [-0.39, 0.29) is 23.2 Å². The number of hydrogen-bond acceptors (Lipinski definition) is 4. The summed E-state index contributed by atoms with van der Waals surface area (Å²) in [5.74, 6) is 0.404. The van der Waals surface area contributed by atoms with E-state index in [0.717, 1.165) is 12.8 Å². The zero-order chi connectivity index (χ0) is 18.9. The average molecular weight is 358 g/mol. The molecular weight excluding hydrogens is 328 g/mol. The van der Waals surface area contributed by atoms with Crippen molar-refractivity contribution in [1.82, 2.24) is 0 Å². The zero-order valence-corrected chi connectivity index (χ0v) is 15.9. The highest BCUT2D eigenvalue weighted by Crippen LogP contribution is 2.67. The predicted octanol–water partition coefficient (Wildman–Crippen LogP) is 2.39. The first-order valence-electron chi connectivity index (χ1n) is 9.88. The number of aliphatic hydroxyl groups excluding tert-OH is 2. The Morgan fingerprint density at radius 3 is 2.81 bits per heavy atom. The topological polar surface area (TPSA) is 77.8 Å². The van der Waals surface area contributed by atoms with Crippen LogP contribution in [-0.2, 0) is 4.79 Å². The van der Waals surface area contributed by atoms with Gasteiger partial charge in [-0.15, -0.1) is 5.73 Å². The van der Waals surface area contributed by atoms with E-state index in [4.69, 9.17) is 0 Å². The first kappa shape index (κ1) is 18.2. The van der Waals surface area contributed by atoms with Crippen molar-refractivity contribution in [3.63, 3.8) is 0 Å². The van der Waals surface area contributed by atoms with E-state index >= 15 is 0 Å². The SMILES string of the molecule is C[C@H]1C[C@@H]2[C@H]([C@@H](O)C[C@@]3(C)[C@H]2CC[C@]3(O)C(=O)CO)[C@@]2(C)C=C=CC=C12. The second kappa shape index (κ2) is 5.65. The smallest absolute Gasteiger partial charge is 0.190 e. The molecule has 4 aliphatic rings. The lowest BCUT2D eigenvalue weighted by molar-refractivity contribution is -0.180. The predicted molar refractivity (Wildman–Crippen MR) is 98.1 cm³/mol. The fourth-order valence-electron chi connectivity index (χ4n) is 7.26. The van der Waals surface area contributed by atoms with Gasteiger partial charge in [0, 0.05) is 16.7 Å². The molecule has 0 aliphatic heterocycles. The van der Waals surface area contributed by atoms with Gasteiger partial charge in [-0.05, 0) is 55.6 Å². The van der Waals surface area contributed by atoms with E-state index in [1.54, 1.807) is 0 Å². The number of ketones is 1. The Bertz CT molecular complexity index is 732. The summed E-state index contributed by atoms with van der Waals surface area (Å²) in [6.07, 6.45) is 8.16. The molecule has 0 amide bonds. The number of hydrogen-bond donors (Lipinski definition) is 3. The minimum absolute atomic E-state index is 0.0794. The summed E-state index contributed by atoms with van der Waals surface area (Å²) in [7, 11) is 0. The summed E-state index contributed by atoms with van der Waals surface area (Å²) in [5, 5.41) is 31.9. The van der Waals surface area contributed by atoms with Gasteiger partial charge in [-0.25, -0.2) is 0 Å². The van der Waals surface area contributed by atoms with Crippen LogP contribution in [-0.4, -0.2) is 39.4 Å². The van der Waals surface area contributed by atoms with Gasteiger partial charge in [-0.3, -0.25) is 4.79 Å². The summed E-state index contributed by atoms with van der Waals surface area (Å²) in [6.45, 7) is 5.76. The fourth-order valence-corrected chi connectivity index (χ4v) is 7.26. The molecule has 0 heterocycles. The highest BCUT2D eigenvalue weighted by molar-refractivity contribution is 5.89. The van der Waals surface area contributed by atoms with Crippen molar-refractivity contribution in [2.45, 2.75) is 58.2 Å². The van der Waals surface area contributed by atoms with Crippen LogP contribution < -0.4 is 0 Å². The fraction of sp³-hybridized carbons (Fsp3) is 0.727. The zero-order valence-electron chi connectivity index (χ0n) is 15.9. The number of carbonyl (C=O) groups is 1. The van der Waals surface area contributed by atoms with Gasteiger partial charge in [0.15, 0.2) is 5.78 Å². The van der Waals surface area contributed by atoms with Crippen LogP contribution in [0.5, 0.6) is 0 Å². The summed E-state index contributed by atoms with van der Waals surface area (Å²) in [5.41, 5.74) is 2.17. The lowest BCUT2D eigenvalue weighted by Gasteiger charge is -2.60. The van der Waals surface area contributed by atoms with Crippen LogP contribution in [0.25, 0.3) is 0 Å². The molecule has 26 heavy (non-hydrogen) atoms. The maximum absolute atomic E-state index is 12.4. The molecule has 0 spiro atoms. The Balaban J connectivity index is 1.79. The maximum atomic E-state index is 12.4. The van der Waals surface area contributed by atoms with Gasteiger partial charge >= 0.3 is 0 Å². The standard InChI is InChI=1S/C22H30O4/c1-13-10-14-16-7-9-22(26,18(25)12-23)21(16,3)11-17(24)19(14)20(2)8-5-4-6-15(13)20/h4,6,8,13-14,16-17,19,23-24,26H,7,9-12H2,1-3H3/t13-,14-,16-,17-,19+,20-,21-,22-/m0/s1. The first-order chi connectivity index (χ1) is 12.2. The van der Waals surface area contributed by atoms with E-state index < -0.39 is 29.5 Å². The number of Topliss-reactive ketones (excluding diaryl/α,β-unsaturated/α-hetero) is 1. The largest absolute Gasteiger partial charge is 0.393 e. The monoisotopic (exact) mass is 358 g/mol. The van der Waals surface area contributed by atoms with Crippen molar-refractivity contribution >= 4 is 5.78 Å². The second-order valence-corrected chi connectivity index (χ2v) is 9.48. The molecular formula is C22H30O4. The minimum Gasteiger partial charge on any atom is -0.393 e. The van der Waals surface area contributed by atoms with Crippen molar-refractivity contribution in [3.05, 3.63) is 29.5 Å². The van der Waals surface area contributed by atoms with Crippen molar-refractivity contribution < 1.29 is 20.1 Å². The van der Waals surface area contributed by atoms with Crippen molar-refractivity contribution in [1.29, 1.82) is 0 Å². The molecule has 0 aromatic carbocycles. The van der Waals surface area contributed by atoms with Crippen LogP contribution in [0, 0.1) is 34.5 Å². The molecule has 4 rings (SSSR count). The number of carbonyl (C=O) groups excluding carboxylic acids is 1. The molecule has 0 bridgehead atoms. The van der Waals surface area contributed by atoms with Crippen molar-refractivity contribution in [2.75, 3.05) is 6.61 Å². The molecule has 0 aromatic rings. The van der Waals surface area contributed by atoms with Crippen LogP contribution in [0.3, 0.4) is 0 Å². The van der Waals surface area contributed by atoms with Crippen molar-refractivity contribution in [3.8, 4) is 0 Å². The molecule has 142 valence electrons. The molecule has 3 fully saturated rings. The molecule has 0 saturated heterocycles. The van der Waals surface area contributed by atoms with Gasteiger partial charge in [0.2, 0.25) is 0 Å². The second-order valence-electron chi connectivity index (χ2n) is 9.48. The number of rotatable bonds is 2. The van der Waals surface area contributed by atoms with E-state index in [9.17, 15) is 20.1 Å². The molecule has 0 unspecified atom stereocenters. The quantitative estimate of drug-likeness (QED) is 0.663. The van der Waals surface area contributed by atoms with E-state index in [2.05, 4.69) is 31.7 Å². The van der Waals surface area contributed by atoms with Crippen LogP contribution in [0.1, 0.15) is 46.5 Å². The first-order valence-corrected chi connectivity index (χ1v) is 9.88. The normalized spacial score (nSPS) is 52.1. The minimum atomic E-state index is -1.53. The lowest BCUT2D eigenvalue weighted by atomic mass is 9.45. The highest BCUT2D eigenvalue weighted by Gasteiger charge is 2.68. The van der Waals surface area contributed by atoms with Crippen LogP contribution in [0.4, 0.5) is 0 Å². The van der Waals surface area contributed by atoms with Gasteiger partial charge in [0.1, 0.15) is 12.2 Å². The summed E-state index contributed by atoms with van der Waals surface area (Å²) < 4.78 is 0. The summed E-state index contributed by atoms with van der Waals surface area (Å²) >= 11 is 0. The molecule has 8 atom stereocenters. The summed E-state index contributed by atoms with van der Waals surface area (Å²) in [6, 6.07) is 0. The number of fused-ring (bicyclic) bond motifs is 5. The number of allylic oxidation sites excluding steroid dienone is 3. The Morgan fingerprint density at radius 2 is 2.12 bits per heavy atom. The average Bonchev–Trinajstić information content (AvgIpc) is 2.86. The Hall–Kier alpha value is -1.19. The third-order valence-electron chi connectivity index (χ3n) is 8.42. The van der Waals surface area contributed by atoms with Crippen LogP contribution >= 0.6 is 0 Å². The summed E-state index contributed by atoms with van der Waals surface area (Å²) in [4.78, 5) is 12.4. The molecule has 3 saturated carbocycles. The molecule has 0 aromatic heterocycles. The third kappa shape index (κ3) is 2.05. The van der Waals surface area contributed by atoms with Gasteiger partial charge in [0.05, 0.1) is 6.10 Å². The van der Waals surface area contributed by atoms with E-state index in [1.165, 1.54) is 5.57 Å². The molecule has 4 heteroatoms. The number of aliphatic hydroxyl groups is 3.